The SMILES string of the molecule is Nc1nc2cc(F)ccc2n1Cc1cccc(Br)c1. The molecule has 0 unspecified atom stereocenters. The first-order valence-corrected chi connectivity index (χ1v) is 6.58. The van der Waals surface area contributed by atoms with Gasteiger partial charge in [0.1, 0.15) is 5.82 Å². The largest absolute Gasteiger partial charge is 0.369 e. The molecule has 3 nitrogen and oxygen atoms in total. The number of benzene rings is 2. The van der Waals surface area contributed by atoms with Gasteiger partial charge in [-0.15, -0.1) is 0 Å². The van der Waals surface area contributed by atoms with Gasteiger partial charge in [-0.05, 0) is 29.8 Å². The number of anilines is 1. The average molecular weight is 320 g/mol. The Balaban J connectivity index is 2.07. The Hall–Kier alpha value is -1.88. The van der Waals surface area contributed by atoms with Crippen LogP contribution in [0.5, 0.6) is 0 Å². The van der Waals surface area contributed by atoms with Crippen LogP contribution in [0.3, 0.4) is 0 Å². The smallest absolute Gasteiger partial charge is 0.201 e. The van der Waals surface area contributed by atoms with Crippen LogP contribution in [0.4, 0.5) is 10.3 Å². The summed E-state index contributed by atoms with van der Waals surface area (Å²) < 4.78 is 16.0. The monoisotopic (exact) mass is 319 g/mol. The van der Waals surface area contributed by atoms with Crippen LogP contribution in [0, 0.1) is 5.82 Å². The minimum absolute atomic E-state index is 0.306. The molecule has 0 saturated heterocycles. The molecule has 0 bridgehead atoms. The first-order chi connectivity index (χ1) is 9.13. The van der Waals surface area contributed by atoms with E-state index in [4.69, 9.17) is 5.73 Å². The van der Waals surface area contributed by atoms with Gasteiger partial charge in [-0.1, -0.05) is 28.1 Å². The normalized spacial score (nSPS) is 11.1. The predicted octanol–water partition coefficient (Wildman–Crippen LogP) is 3.57. The molecule has 0 spiro atoms. The Morgan fingerprint density at radius 3 is 2.84 bits per heavy atom. The number of nitrogen functional groups attached to an aromatic ring is 1. The molecule has 0 fully saturated rings. The van der Waals surface area contributed by atoms with E-state index in [1.165, 1.54) is 12.1 Å². The van der Waals surface area contributed by atoms with Crippen molar-refractivity contribution in [1.82, 2.24) is 9.55 Å². The molecule has 5 heteroatoms. The third-order valence-electron chi connectivity index (χ3n) is 2.97. The van der Waals surface area contributed by atoms with Crippen molar-refractivity contribution >= 4 is 32.9 Å². The maximum atomic E-state index is 13.2. The number of rotatable bonds is 2. The van der Waals surface area contributed by atoms with Crippen molar-refractivity contribution in [3.8, 4) is 0 Å². The van der Waals surface area contributed by atoms with Gasteiger partial charge in [0.15, 0.2) is 0 Å². The lowest BCUT2D eigenvalue weighted by Crippen LogP contribution is -2.04. The van der Waals surface area contributed by atoms with E-state index in [0.717, 1.165) is 15.6 Å². The number of hydrogen-bond donors (Lipinski definition) is 1. The molecular weight excluding hydrogens is 309 g/mol. The molecule has 0 amide bonds. The van der Waals surface area contributed by atoms with Gasteiger partial charge in [-0.25, -0.2) is 9.37 Å². The fraction of sp³-hybridized carbons (Fsp3) is 0.0714. The lowest BCUT2D eigenvalue weighted by Gasteiger charge is -2.07. The van der Waals surface area contributed by atoms with Crippen molar-refractivity contribution in [3.05, 3.63) is 58.3 Å². The molecule has 0 radical (unpaired) electrons. The van der Waals surface area contributed by atoms with Gasteiger partial charge in [0.05, 0.1) is 17.6 Å². The Kier molecular flexibility index (Phi) is 2.98. The first kappa shape index (κ1) is 12.2. The second-order valence-corrected chi connectivity index (χ2v) is 5.23. The van der Waals surface area contributed by atoms with Gasteiger partial charge in [0.25, 0.3) is 0 Å². The third kappa shape index (κ3) is 2.33. The standard InChI is InChI=1S/C14H11BrFN3/c15-10-3-1-2-9(6-10)8-19-13-5-4-11(16)7-12(13)18-14(19)17/h1-7H,8H2,(H2,17,18). The van der Waals surface area contributed by atoms with E-state index in [-0.39, 0.29) is 5.82 Å². The van der Waals surface area contributed by atoms with Gasteiger partial charge in [0, 0.05) is 10.5 Å². The summed E-state index contributed by atoms with van der Waals surface area (Å²) in [4.78, 5) is 4.18. The summed E-state index contributed by atoms with van der Waals surface area (Å²) in [7, 11) is 0. The van der Waals surface area contributed by atoms with Crippen LogP contribution in [0.15, 0.2) is 46.9 Å². The van der Waals surface area contributed by atoms with E-state index in [1.54, 1.807) is 6.07 Å². The van der Waals surface area contributed by atoms with Gasteiger partial charge < -0.3 is 10.3 Å². The van der Waals surface area contributed by atoms with Gasteiger partial charge in [0.2, 0.25) is 5.95 Å². The van der Waals surface area contributed by atoms with E-state index in [2.05, 4.69) is 20.9 Å². The summed E-state index contributed by atoms with van der Waals surface area (Å²) in [5.41, 5.74) is 8.42. The van der Waals surface area contributed by atoms with Crippen LogP contribution in [0.25, 0.3) is 11.0 Å². The van der Waals surface area contributed by atoms with E-state index in [0.29, 0.717) is 18.0 Å². The molecule has 1 heterocycles. The number of aromatic nitrogens is 2. The molecule has 0 aliphatic carbocycles. The number of hydrogen-bond acceptors (Lipinski definition) is 2. The van der Waals surface area contributed by atoms with Crippen molar-refractivity contribution in [2.75, 3.05) is 5.73 Å². The molecule has 0 atom stereocenters. The van der Waals surface area contributed by atoms with E-state index < -0.39 is 0 Å². The molecule has 2 N–H and O–H groups in total. The van der Waals surface area contributed by atoms with Gasteiger partial charge in [-0.3, -0.25) is 0 Å². The summed E-state index contributed by atoms with van der Waals surface area (Å²) >= 11 is 3.44. The highest BCUT2D eigenvalue weighted by Crippen LogP contribution is 2.21. The Morgan fingerprint density at radius 1 is 1.21 bits per heavy atom. The Labute approximate surface area is 118 Å². The maximum absolute atomic E-state index is 13.2. The van der Waals surface area contributed by atoms with Crippen LogP contribution >= 0.6 is 15.9 Å². The zero-order valence-electron chi connectivity index (χ0n) is 9.98. The molecule has 19 heavy (non-hydrogen) atoms. The summed E-state index contributed by atoms with van der Waals surface area (Å²) in [6.45, 7) is 0.605. The second kappa shape index (κ2) is 4.66. The number of imidazole rings is 1. The summed E-state index contributed by atoms with van der Waals surface area (Å²) in [5, 5.41) is 0. The second-order valence-electron chi connectivity index (χ2n) is 4.32. The van der Waals surface area contributed by atoms with Crippen molar-refractivity contribution < 1.29 is 4.39 Å². The van der Waals surface area contributed by atoms with E-state index in [1.807, 2.05) is 28.8 Å². The minimum Gasteiger partial charge on any atom is -0.369 e. The molecule has 0 saturated carbocycles. The summed E-state index contributed by atoms with van der Waals surface area (Å²) in [6.07, 6.45) is 0. The predicted molar refractivity (Wildman–Crippen MR) is 77.3 cm³/mol. The van der Waals surface area contributed by atoms with Crippen molar-refractivity contribution in [1.29, 1.82) is 0 Å². The molecule has 2 aromatic carbocycles. The van der Waals surface area contributed by atoms with Crippen molar-refractivity contribution in [2.45, 2.75) is 6.54 Å². The molecule has 1 aromatic heterocycles. The highest BCUT2D eigenvalue weighted by molar-refractivity contribution is 9.10. The first-order valence-electron chi connectivity index (χ1n) is 5.79. The number of nitrogens with two attached hydrogens (primary N) is 1. The highest BCUT2D eigenvalue weighted by Gasteiger charge is 2.09. The number of fused-ring (bicyclic) bond motifs is 1. The van der Waals surface area contributed by atoms with Gasteiger partial charge >= 0.3 is 0 Å². The van der Waals surface area contributed by atoms with Gasteiger partial charge in [-0.2, -0.15) is 0 Å². The van der Waals surface area contributed by atoms with Crippen molar-refractivity contribution in [2.24, 2.45) is 0 Å². The Bertz CT molecular complexity index is 752. The van der Waals surface area contributed by atoms with Crippen LogP contribution in [-0.2, 0) is 6.54 Å². The van der Waals surface area contributed by atoms with Crippen LogP contribution in [0.1, 0.15) is 5.56 Å². The number of halogens is 2. The average Bonchev–Trinajstić information content (AvgIpc) is 2.65. The van der Waals surface area contributed by atoms with Crippen LogP contribution in [0.2, 0.25) is 0 Å². The molecule has 3 aromatic rings. The van der Waals surface area contributed by atoms with Crippen LogP contribution < -0.4 is 5.73 Å². The summed E-state index contributed by atoms with van der Waals surface area (Å²) in [5.74, 6) is 0.0835. The highest BCUT2D eigenvalue weighted by atomic mass is 79.9. The van der Waals surface area contributed by atoms with E-state index in [9.17, 15) is 4.39 Å². The summed E-state index contributed by atoms with van der Waals surface area (Å²) in [6, 6.07) is 12.5. The molecule has 96 valence electrons. The lowest BCUT2D eigenvalue weighted by molar-refractivity contribution is 0.629. The van der Waals surface area contributed by atoms with Crippen molar-refractivity contribution in [3.63, 3.8) is 0 Å². The maximum Gasteiger partial charge on any atom is 0.201 e. The molecular formula is C14H11BrFN3. The quantitative estimate of drug-likeness (QED) is 0.784. The van der Waals surface area contributed by atoms with E-state index >= 15 is 0 Å². The Morgan fingerprint density at radius 2 is 2.05 bits per heavy atom. The lowest BCUT2D eigenvalue weighted by atomic mass is 10.2. The molecule has 3 rings (SSSR count). The topological polar surface area (TPSA) is 43.8 Å². The minimum atomic E-state index is -0.306. The fourth-order valence-electron chi connectivity index (χ4n) is 2.11. The zero-order valence-corrected chi connectivity index (χ0v) is 11.6. The fourth-order valence-corrected chi connectivity index (χ4v) is 2.55. The zero-order chi connectivity index (χ0) is 13.4. The molecule has 0 aliphatic heterocycles. The molecule has 0 aliphatic rings. The third-order valence-corrected chi connectivity index (χ3v) is 3.46. The number of nitrogens with zero attached hydrogens (tertiary/aromatic N) is 2. The van der Waals surface area contributed by atoms with Crippen LogP contribution in [-0.4, -0.2) is 9.55 Å².